The van der Waals surface area contributed by atoms with Crippen LogP contribution in [0.4, 0.5) is 14.5 Å². The van der Waals surface area contributed by atoms with Crippen LogP contribution in [0, 0.1) is 5.82 Å². The van der Waals surface area contributed by atoms with Crippen LogP contribution in [0.1, 0.15) is 11.6 Å². The van der Waals surface area contributed by atoms with Gasteiger partial charge in [-0.05, 0) is 17.7 Å². The number of rotatable bonds is 2. The Bertz CT molecular complexity index is 294. The van der Waals surface area contributed by atoms with Crippen molar-refractivity contribution < 1.29 is 13.9 Å². The van der Waals surface area contributed by atoms with Gasteiger partial charge in [-0.3, -0.25) is 0 Å². The minimum Gasteiger partial charge on any atom is -0.503 e. The summed E-state index contributed by atoms with van der Waals surface area (Å²) in [4.78, 5) is 0. The summed E-state index contributed by atoms with van der Waals surface area (Å²) in [5, 5.41) is 8.95. The number of alkyl halides is 1. The lowest BCUT2D eigenvalue weighted by Crippen LogP contribution is -2.12. The Balaban J connectivity index is 3.13. The van der Waals surface area contributed by atoms with Gasteiger partial charge in [0.25, 0.3) is 0 Å². The molecule has 1 aromatic rings. The van der Waals surface area contributed by atoms with E-state index in [1.807, 2.05) is 0 Å². The fourth-order valence-corrected chi connectivity index (χ4v) is 0.945. The second-order valence-electron chi connectivity index (χ2n) is 2.70. The number of halogens is 2. The Morgan fingerprint density at radius 1 is 1.46 bits per heavy atom. The molecule has 0 bridgehead atoms. The van der Waals surface area contributed by atoms with E-state index in [9.17, 15) is 8.78 Å². The van der Waals surface area contributed by atoms with Crippen molar-refractivity contribution in [3.8, 4) is 5.75 Å². The predicted octanol–water partition coefficient (Wildman–Crippen LogP) is 1.08. The van der Waals surface area contributed by atoms with E-state index in [4.69, 9.17) is 16.6 Å². The van der Waals surface area contributed by atoms with Gasteiger partial charge in [-0.2, -0.15) is 0 Å². The molecule has 1 rings (SSSR count). The molecule has 0 spiro atoms. The van der Waals surface area contributed by atoms with Crippen LogP contribution in [-0.2, 0) is 0 Å². The molecule has 1 aromatic carbocycles. The fraction of sp³-hybridized carbons (Fsp3) is 0.250. The van der Waals surface area contributed by atoms with Gasteiger partial charge in [0.15, 0.2) is 11.6 Å². The highest BCUT2D eigenvalue weighted by atomic mass is 19.1. The minimum atomic E-state index is -0.905. The molecule has 0 saturated heterocycles. The van der Waals surface area contributed by atoms with E-state index in [-0.39, 0.29) is 11.3 Å². The van der Waals surface area contributed by atoms with Crippen LogP contribution in [0.3, 0.4) is 0 Å². The van der Waals surface area contributed by atoms with E-state index < -0.39 is 24.3 Å². The van der Waals surface area contributed by atoms with Crippen LogP contribution >= 0.6 is 0 Å². The number of phenols is 1. The zero-order valence-corrected chi connectivity index (χ0v) is 6.80. The topological polar surface area (TPSA) is 72.3 Å². The molecule has 0 aliphatic heterocycles. The average Bonchev–Trinajstić information content (AvgIpc) is 2.12. The largest absolute Gasteiger partial charge is 0.503 e. The van der Waals surface area contributed by atoms with E-state index in [0.29, 0.717) is 0 Å². The van der Waals surface area contributed by atoms with Crippen molar-refractivity contribution in [2.24, 2.45) is 5.73 Å². The molecule has 0 aliphatic carbocycles. The highest BCUT2D eigenvalue weighted by Gasteiger charge is 2.11. The quantitative estimate of drug-likeness (QED) is 0.480. The van der Waals surface area contributed by atoms with Crippen LogP contribution in [0.5, 0.6) is 5.75 Å². The maximum absolute atomic E-state index is 12.8. The molecule has 13 heavy (non-hydrogen) atoms. The first-order valence-corrected chi connectivity index (χ1v) is 3.65. The molecule has 0 aliphatic rings. The Morgan fingerprint density at radius 3 is 2.54 bits per heavy atom. The Morgan fingerprint density at radius 2 is 2.08 bits per heavy atom. The van der Waals surface area contributed by atoms with E-state index >= 15 is 0 Å². The normalized spacial score (nSPS) is 12.8. The van der Waals surface area contributed by atoms with Crippen molar-refractivity contribution in [3.05, 3.63) is 23.5 Å². The molecule has 0 radical (unpaired) electrons. The third-order valence-electron chi connectivity index (χ3n) is 1.71. The second-order valence-corrected chi connectivity index (χ2v) is 2.70. The van der Waals surface area contributed by atoms with Crippen molar-refractivity contribution in [1.29, 1.82) is 0 Å². The molecular weight excluding hydrogens is 178 g/mol. The summed E-state index contributed by atoms with van der Waals surface area (Å²) in [6, 6.07) is 1.32. The average molecular weight is 188 g/mol. The number of anilines is 1. The molecule has 0 amide bonds. The number of hydrogen-bond acceptors (Lipinski definition) is 3. The van der Waals surface area contributed by atoms with Gasteiger partial charge in [0.05, 0.1) is 11.7 Å². The Labute approximate surface area is 74.0 Å². The number of nitrogen functional groups attached to an aromatic ring is 1. The number of nitrogens with two attached hydrogens (primary N) is 2. The van der Waals surface area contributed by atoms with Crippen molar-refractivity contribution >= 4 is 5.69 Å². The van der Waals surface area contributed by atoms with Gasteiger partial charge in [0, 0.05) is 0 Å². The van der Waals surface area contributed by atoms with Crippen LogP contribution < -0.4 is 11.5 Å². The summed E-state index contributed by atoms with van der Waals surface area (Å²) in [6.07, 6.45) is 0. The Kier molecular flexibility index (Phi) is 2.67. The molecule has 3 nitrogen and oxygen atoms in total. The summed E-state index contributed by atoms with van der Waals surface area (Å²) >= 11 is 0. The predicted molar refractivity (Wildman–Crippen MR) is 45.4 cm³/mol. The second kappa shape index (κ2) is 3.57. The molecule has 0 fully saturated rings. The molecule has 5 heteroatoms. The summed E-state index contributed by atoms with van der Waals surface area (Å²) < 4.78 is 24.9. The summed E-state index contributed by atoms with van der Waals surface area (Å²) in [5.41, 5.74) is 10.6. The van der Waals surface area contributed by atoms with Crippen LogP contribution in [-0.4, -0.2) is 11.8 Å². The van der Waals surface area contributed by atoms with E-state index in [0.717, 1.165) is 6.07 Å². The lowest BCUT2D eigenvalue weighted by Gasteiger charge is -2.09. The van der Waals surface area contributed by atoms with Gasteiger partial charge < -0.3 is 16.6 Å². The van der Waals surface area contributed by atoms with E-state index in [1.165, 1.54) is 6.07 Å². The van der Waals surface area contributed by atoms with Crippen LogP contribution in [0.15, 0.2) is 12.1 Å². The van der Waals surface area contributed by atoms with Crippen molar-refractivity contribution in [2.45, 2.75) is 6.04 Å². The first-order valence-electron chi connectivity index (χ1n) is 3.65. The van der Waals surface area contributed by atoms with Gasteiger partial charge >= 0.3 is 0 Å². The standard InChI is InChI=1S/C8H10F2N2O/c9-3-7(12)4-1-5(10)8(13)6(11)2-4/h1-2,7,13H,3,11-12H2. The number of aromatic hydroxyl groups is 1. The van der Waals surface area contributed by atoms with Crippen molar-refractivity contribution in [2.75, 3.05) is 12.4 Å². The highest BCUT2D eigenvalue weighted by Crippen LogP contribution is 2.27. The molecule has 0 heterocycles. The van der Waals surface area contributed by atoms with Gasteiger partial charge in [0.1, 0.15) is 6.67 Å². The number of phenolic OH excluding ortho intramolecular Hbond substituents is 1. The zero-order valence-electron chi connectivity index (χ0n) is 6.80. The zero-order chi connectivity index (χ0) is 10.0. The summed E-state index contributed by atoms with van der Waals surface area (Å²) in [5.74, 6) is -1.52. The summed E-state index contributed by atoms with van der Waals surface area (Å²) in [7, 11) is 0. The van der Waals surface area contributed by atoms with Crippen molar-refractivity contribution in [1.82, 2.24) is 0 Å². The molecule has 0 aromatic heterocycles. The summed E-state index contributed by atoms with van der Waals surface area (Å²) in [6.45, 7) is -0.802. The highest BCUT2D eigenvalue weighted by molar-refractivity contribution is 5.54. The smallest absolute Gasteiger partial charge is 0.174 e. The third-order valence-corrected chi connectivity index (χ3v) is 1.71. The molecule has 0 saturated carbocycles. The first-order chi connectivity index (χ1) is 6.06. The number of benzene rings is 1. The van der Waals surface area contributed by atoms with Crippen molar-refractivity contribution in [3.63, 3.8) is 0 Å². The molecular formula is C8H10F2N2O. The maximum atomic E-state index is 12.8. The third kappa shape index (κ3) is 1.86. The van der Waals surface area contributed by atoms with Crippen LogP contribution in [0.2, 0.25) is 0 Å². The van der Waals surface area contributed by atoms with Crippen LogP contribution in [0.25, 0.3) is 0 Å². The maximum Gasteiger partial charge on any atom is 0.174 e. The Hall–Kier alpha value is -1.36. The lowest BCUT2D eigenvalue weighted by atomic mass is 10.1. The number of hydrogen-bond donors (Lipinski definition) is 3. The molecule has 1 unspecified atom stereocenters. The van der Waals surface area contributed by atoms with Gasteiger partial charge in [-0.25, -0.2) is 8.78 Å². The minimum absolute atomic E-state index is 0.140. The van der Waals surface area contributed by atoms with Gasteiger partial charge in [-0.15, -0.1) is 0 Å². The monoisotopic (exact) mass is 188 g/mol. The SMILES string of the molecule is Nc1cc(C(N)CF)cc(F)c1O. The molecule has 1 atom stereocenters. The lowest BCUT2D eigenvalue weighted by molar-refractivity contribution is 0.424. The van der Waals surface area contributed by atoms with Gasteiger partial charge in [0.2, 0.25) is 0 Å². The van der Waals surface area contributed by atoms with E-state index in [2.05, 4.69) is 0 Å². The van der Waals surface area contributed by atoms with Gasteiger partial charge in [-0.1, -0.05) is 0 Å². The first kappa shape index (κ1) is 9.73. The van der Waals surface area contributed by atoms with E-state index in [1.54, 1.807) is 0 Å². The molecule has 72 valence electrons. The fourth-order valence-electron chi connectivity index (χ4n) is 0.945. The molecule has 5 N–H and O–H groups in total.